The maximum atomic E-state index is 9.75. The van der Waals surface area contributed by atoms with Gasteiger partial charge in [-0.25, -0.2) is 4.98 Å². The molecule has 0 N–H and O–H groups in total. The summed E-state index contributed by atoms with van der Waals surface area (Å²) in [5, 5.41) is 1.91. The van der Waals surface area contributed by atoms with Crippen LogP contribution in [0.3, 0.4) is 0 Å². The van der Waals surface area contributed by atoms with Crippen LogP contribution in [0.2, 0.25) is 0 Å². The minimum absolute atomic E-state index is 0. The molecule has 1 unspecified atom stereocenters. The Morgan fingerprint density at radius 1 is 0.638 bits per heavy atom. The molecule has 0 amide bonds. The van der Waals surface area contributed by atoms with E-state index in [0.717, 1.165) is 33.0 Å². The van der Waals surface area contributed by atoms with E-state index in [-0.39, 0.29) is 60.3 Å². The van der Waals surface area contributed by atoms with Crippen LogP contribution in [0, 0.1) is 24.4 Å². The molecule has 1 atom stereocenters. The molecule has 342 valence electrons. The summed E-state index contributed by atoms with van der Waals surface area (Å²) in [4.78, 5) is 5.11. The van der Waals surface area contributed by atoms with E-state index in [9.17, 15) is 1.37 Å². The van der Waals surface area contributed by atoms with Crippen LogP contribution in [0.4, 0.5) is 0 Å². The molecule has 69 heavy (non-hydrogen) atoms. The Hall–Kier alpha value is -7.33. The minimum atomic E-state index is -0.977. The Balaban J connectivity index is 0.00000720. The number of para-hydroxylation sites is 4. The van der Waals surface area contributed by atoms with Gasteiger partial charge in [-0.15, -0.1) is 29.7 Å². The number of hydrogen-bond donors (Lipinski definition) is 0. The minimum Gasteiger partial charge on any atom is -0.510 e. The van der Waals surface area contributed by atoms with E-state index >= 15 is 0 Å². The predicted octanol–water partition coefficient (Wildman–Crippen LogP) is 15.6. The molecule has 5 nitrogen and oxygen atoms in total. The molecule has 0 fully saturated rings. The van der Waals surface area contributed by atoms with Crippen molar-refractivity contribution in [2.24, 2.45) is 5.92 Å². The zero-order chi connectivity index (χ0) is 56.1. The van der Waals surface area contributed by atoms with Crippen LogP contribution in [0.1, 0.15) is 73.6 Å². The number of pyridine rings is 1. The summed E-state index contributed by atoms with van der Waals surface area (Å²) in [6.45, 7) is 12.7. The number of benzene rings is 8. The number of nitrogens with zero attached hydrogens (tertiary/aromatic N) is 4. The molecule has 3 aromatic heterocycles. The Morgan fingerprint density at radius 3 is 1.96 bits per heavy atom. The summed E-state index contributed by atoms with van der Waals surface area (Å²) in [6.07, 6.45) is 5.29. The molecule has 0 spiro atoms. The molecule has 0 aliphatic heterocycles. The Labute approximate surface area is 435 Å². The van der Waals surface area contributed by atoms with Crippen molar-refractivity contribution in [3.63, 3.8) is 0 Å². The number of aromatic nitrogens is 4. The summed E-state index contributed by atoms with van der Waals surface area (Å²) in [5.74, 6) is 0.345. The first-order chi connectivity index (χ1) is 37.6. The van der Waals surface area contributed by atoms with Gasteiger partial charge in [0.25, 0.3) is 6.33 Å². The van der Waals surface area contributed by atoms with Gasteiger partial charge in [-0.3, -0.25) is 4.57 Å². The van der Waals surface area contributed by atoms with Gasteiger partial charge in [0.2, 0.25) is 0 Å². The van der Waals surface area contributed by atoms with Crippen LogP contribution in [0.5, 0.6) is 11.5 Å². The van der Waals surface area contributed by atoms with E-state index in [1.54, 1.807) is 51.6 Å². The number of imidazole rings is 1. The Morgan fingerprint density at radius 2 is 1.28 bits per heavy atom. The second-order valence-electron chi connectivity index (χ2n) is 18.2. The monoisotopic (exact) mass is 1090 g/mol. The van der Waals surface area contributed by atoms with Gasteiger partial charge >= 0.3 is 0 Å². The molecule has 0 aliphatic rings. The molecule has 6 heteroatoms. The van der Waals surface area contributed by atoms with Crippen molar-refractivity contribution in [3.8, 4) is 62.1 Å². The normalized spacial score (nSPS) is 14.9. The van der Waals surface area contributed by atoms with Crippen LogP contribution < -0.4 is 9.30 Å². The van der Waals surface area contributed by atoms with E-state index in [1.165, 1.54) is 5.56 Å². The fourth-order valence-corrected chi connectivity index (χ4v) is 8.86. The van der Waals surface area contributed by atoms with E-state index in [2.05, 4.69) is 88.0 Å². The molecule has 11 rings (SSSR count). The molecule has 0 saturated carbocycles. The summed E-state index contributed by atoms with van der Waals surface area (Å²) in [5.41, 5.74) is 7.26. The van der Waals surface area contributed by atoms with Gasteiger partial charge in [-0.1, -0.05) is 192 Å². The molecule has 3 heterocycles. The molecule has 11 aromatic rings. The zero-order valence-electron chi connectivity index (χ0n) is 49.8. The second kappa shape index (κ2) is 18.6. The van der Waals surface area contributed by atoms with Gasteiger partial charge < -0.3 is 13.9 Å². The molecule has 0 aliphatic carbocycles. The first-order valence-electron chi connectivity index (χ1n) is 28.1. The second-order valence-corrected chi connectivity index (χ2v) is 18.2. The number of ether oxygens (including phenoxy) is 1. The smallest absolute Gasteiger partial charge is 0.268 e. The van der Waals surface area contributed by atoms with Crippen LogP contribution in [-0.2, 0) is 26.5 Å². The Bertz CT molecular complexity index is 4150. The van der Waals surface area contributed by atoms with Gasteiger partial charge in [0, 0.05) is 51.2 Å². The predicted molar refractivity (Wildman–Crippen MR) is 278 cm³/mol. The Kier molecular flexibility index (Phi) is 9.19. The van der Waals surface area contributed by atoms with Crippen molar-refractivity contribution in [2.45, 2.75) is 52.9 Å². The fraction of sp³-hybridized carbons (Fsp3) is 0.143. The third-order valence-electron chi connectivity index (χ3n) is 12.6. The standard InChI is InChI=1S/C63H52N4O.Pt/c1-42(2)43(3)55-39-61(64-40-56(55)46-31-33-47(34-32-46)63(4,5)6)67-57-28-14-13-25-53(57)54-36-35-50(38-60(54)67)68-49-24-17-23-48(37-49)65-41-66(59-30-16-15-29-58(59)65)62-51(44-19-9-7-10-20-44)26-18-27-52(62)45-21-11-8-12-22-45;/h7-36,39-40,42-43H,1-6H3;/q-2;/i7D,8D,9D,10D,11D,12D,19D,20D,21D,22D,43D;. The van der Waals surface area contributed by atoms with E-state index in [0.29, 0.717) is 39.6 Å². The van der Waals surface area contributed by atoms with Crippen molar-refractivity contribution in [2.75, 3.05) is 0 Å². The molecule has 0 bridgehead atoms. The summed E-state index contributed by atoms with van der Waals surface area (Å²) in [6, 6.07) is 41.5. The van der Waals surface area contributed by atoms with Crippen LogP contribution in [0.15, 0.2) is 194 Å². The van der Waals surface area contributed by atoms with Crippen molar-refractivity contribution in [1.29, 1.82) is 0 Å². The third-order valence-corrected chi connectivity index (χ3v) is 12.6. The van der Waals surface area contributed by atoms with E-state index in [1.807, 2.05) is 67.7 Å². The van der Waals surface area contributed by atoms with Gasteiger partial charge in [0.1, 0.15) is 5.82 Å². The topological polar surface area (TPSA) is 35.9 Å². The maximum absolute atomic E-state index is 9.75. The van der Waals surface area contributed by atoms with Gasteiger partial charge in [-0.2, -0.15) is 18.2 Å². The van der Waals surface area contributed by atoms with E-state index in [4.69, 9.17) is 23.4 Å². The van der Waals surface area contributed by atoms with Crippen molar-refractivity contribution in [1.82, 2.24) is 14.1 Å². The SMILES string of the molecule is [2H]c1c([2H])c([2H])c(-c2cccc(-c3c([2H])c([2H])c([2H])c([2H])c3[2H])c2-[n+]2[c-]n(-c3[c-]c(Oc4[c-]c5c(cc4)c4ccccc4n5-c4cc(C([2H])(C)C(C)C)c(-c5ccc(C(C)(C)C)cc5)cn4)ccc3)c3ccccc32)c([2H])c1[2H].[Pt]. The molecule has 8 aromatic carbocycles. The van der Waals surface area contributed by atoms with Crippen molar-refractivity contribution >= 4 is 32.8 Å². The third kappa shape index (κ3) is 8.51. The summed E-state index contributed by atoms with van der Waals surface area (Å²) in [7, 11) is 0. The van der Waals surface area contributed by atoms with Crippen molar-refractivity contribution in [3.05, 3.63) is 224 Å². The summed E-state index contributed by atoms with van der Waals surface area (Å²) < 4.78 is 109. The van der Waals surface area contributed by atoms with Crippen LogP contribution >= 0.6 is 0 Å². The first-order valence-corrected chi connectivity index (χ1v) is 22.6. The van der Waals surface area contributed by atoms with Crippen LogP contribution in [0.25, 0.3) is 83.4 Å². The first kappa shape index (κ1) is 34.0. The largest absolute Gasteiger partial charge is 0.510 e. The molecular weight excluding hydrogens is 1020 g/mol. The van der Waals surface area contributed by atoms with Crippen LogP contribution in [-0.4, -0.2) is 14.1 Å². The van der Waals surface area contributed by atoms with Gasteiger partial charge in [0.15, 0.2) is 0 Å². The average molecular weight is 1090 g/mol. The molecule has 0 saturated heterocycles. The molecule has 0 radical (unpaired) electrons. The average Bonchev–Trinajstić information content (AvgIpc) is 4.17. The quantitative estimate of drug-likeness (QED) is 0.101. The molecular formula is C63H52N4OPt-2. The van der Waals surface area contributed by atoms with E-state index < -0.39 is 66.3 Å². The summed E-state index contributed by atoms with van der Waals surface area (Å²) >= 11 is 0. The number of fused-ring (bicyclic) bond motifs is 4. The van der Waals surface area contributed by atoms with Gasteiger partial charge in [-0.05, 0) is 79.4 Å². The zero-order valence-corrected chi connectivity index (χ0v) is 41.1. The van der Waals surface area contributed by atoms with Gasteiger partial charge in [0.05, 0.1) is 30.4 Å². The van der Waals surface area contributed by atoms with Crippen molar-refractivity contribution < 1.29 is 45.4 Å². The maximum Gasteiger partial charge on any atom is 0.268 e. The number of rotatable bonds is 10. The fourth-order valence-electron chi connectivity index (χ4n) is 8.86. The number of hydrogen-bond acceptors (Lipinski definition) is 2.